The molecule has 3 aromatic rings. The molecule has 4 rings (SSSR count). The van der Waals surface area contributed by atoms with Crippen LogP contribution in [0.1, 0.15) is 11.7 Å². The monoisotopic (exact) mass is 264 g/mol. The predicted octanol–water partition coefficient (Wildman–Crippen LogP) is 2.80. The molecule has 0 unspecified atom stereocenters. The minimum absolute atomic E-state index is 0.484. The van der Waals surface area contributed by atoms with Crippen molar-refractivity contribution in [3.63, 3.8) is 0 Å². The molecule has 20 heavy (non-hydrogen) atoms. The number of rotatable bonds is 2. The molecule has 1 aliphatic heterocycles. The number of hydrogen-bond acceptors (Lipinski definition) is 3. The normalized spacial score (nSPS) is 15.6. The maximum atomic E-state index is 4.60. The Kier molecular flexibility index (Phi) is 2.49. The first-order chi connectivity index (χ1) is 9.81. The summed E-state index contributed by atoms with van der Waals surface area (Å²) in [7, 11) is 0. The van der Waals surface area contributed by atoms with Gasteiger partial charge in [-0.3, -0.25) is 9.67 Å². The first-order valence-electron chi connectivity index (χ1n) is 6.92. The van der Waals surface area contributed by atoms with Crippen LogP contribution in [-0.2, 0) is 0 Å². The smallest absolute Gasteiger partial charge is 0.0868 e. The summed E-state index contributed by atoms with van der Waals surface area (Å²) >= 11 is 0. The Morgan fingerprint density at radius 3 is 2.80 bits per heavy atom. The summed E-state index contributed by atoms with van der Waals surface area (Å²) in [6, 6.07) is 13.0. The molecule has 4 nitrogen and oxygen atoms in total. The number of nitrogens with zero attached hydrogens (tertiary/aromatic N) is 4. The predicted molar refractivity (Wildman–Crippen MR) is 80.0 cm³/mol. The molecule has 2 aromatic heterocycles. The van der Waals surface area contributed by atoms with Crippen LogP contribution in [0.15, 0.2) is 48.8 Å². The van der Waals surface area contributed by atoms with E-state index in [1.54, 1.807) is 0 Å². The van der Waals surface area contributed by atoms with Crippen LogP contribution < -0.4 is 4.90 Å². The molecule has 1 saturated heterocycles. The third-order valence-corrected chi connectivity index (χ3v) is 3.92. The molecule has 1 fully saturated rings. The second-order valence-corrected chi connectivity index (χ2v) is 5.34. The van der Waals surface area contributed by atoms with E-state index in [4.69, 9.17) is 0 Å². The molecular weight excluding hydrogens is 248 g/mol. The zero-order chi connectivity index (χ0) is 13.5. The minimum Gasteiger partial charge on any atom is -0.366 e. The van der Waals surface area contributed by atoms with Gasteiger partial charge in [0, 0.05) is 42.3 Å². The highest BCUT2D eigenvalue weighted by Gasteiger charge is 2.29. The van der Waals surface area contributed by atoms with Gasteiger partial charge in [-0.2, -0.15) is 5.10 Å². The van der Waals surface area contributed by atoms with E-state index in [0.29, 0.717) is 6.04 Å². The van der Waals surface area contributed by atoms with Crippen LogP contribution in [0.5, 0.6) is 0 Å². The topological polar surface area (TPSA) is 34.0 Å². The van der Waals surface area contributed by atoms with Gasteiger partial charge in [-0.1, -0.05) is 18.2 Å². The Morgan fingerprint density at radius 2 is 2.00 bits per heavy atom. The maximum absolute atomic E-state index is 4.60. The van der Waals surface area contributed by atoms with Crippen LogP contribution in [0.2, 0.25) is 0 Å². The zero-order valence-corrected chi connectivity index (χ0v) is 11.4. The van der Waals surface area contributed by atoms with E-state index in [1.165, 1.54) is 11.1 Å². The average Bonchev–Trinajstić information content (AvgIpc) is 2.90. The van der Waals surface area contributed by atoms with Crippen LogP contribution >= 0.6 is 0 Å². The van der Waals surface area contributed by atoms with Crippen LogP contribution in [0.25, 0.3) is 10.9 Å². The third-order valence-electron chi connectivity index (χ3n) is 3.92. The van der Waals surface area contributed by atoms with Gasteiger partial charge < -0.3 is 4.90 Å². The quantitative estimate of drug-likeness (QED) is 0.713. The lowest BCUT2D eigenvalue weighted by molar-refractivity contribution is 0.369. The first kappa shape index (κ1) is 11.5. The molecule has 0 amide bonds. The Bertz CT molecular complexity index is 742. The summed E-state index contributed by atoms with van der Waals surface area (Å²) in [5.41, 5.74) is 3.43. The Hall–Kier alpha value is -2.36. The number of benzene rings is 1. The standard InChI is InChI=1S/C16H16N4/c1-12-9-16(14-5-2-3-6-15(14)18-12)19-10-13(11-19)20-8-4-7-17-20/h2-9,13H,10-11H2,1H3. The van der Waals surface area contributed by atoms with Crippen molar-refractivity contribution in [3.05, 3.63) is 54.5 Å². The molecule has 4 heteroatoms. The largest absolute Gasteiger partial charge is 0.366 e. The van der Waals surface area contributed by atoms with E-state index in [2.05, 4.69) is 46.2 Å². The minimum atomic E-state index is 0.484. The SMILES string of the molecule is Cc1cc(N2CC(n3cccn3)C2)c2ccccc2n1. The van der Waals surface area contributed by atoms with Crippen LogP contribution in [0.4, 0.5) is 5.69 Å². The lowest BCUT2D eigenvalue weighted by atomic mass is 10.0. The summed E-state index contributed by atoms with van der Waals surface area (Å²) in [5, 5.41) is 5.56. The Labute approximate surface area is 117 Å². The average molecular weight is 264 g/mol. The second-order valence-electron chi connectivity index (χ2n) is 5.34. The van der Waals surface area contributed by atoms with Crippen molar-refractivity contribution in [1.29, 1.82) is 0 Å². The number of anilines is 1. The molecule has 0 aliphatic carbocycles. The highest BCUT2D eigenvalue weighted by atomic mass is 15.4. The zero-order valence-electron chi connectivity index (χ0n) is 11.4. The Morgan fingerprint density at radius 1 is 1.15 bits per heavy atom. The van der Waals surface area contributed by atoms with E-state index in [9.17, 15) is 0 Å². The van der Waals surface area contributed by atoms with E-state index in [1.807, 2.05) is 29.2 Å². The number of aryl methyl sites for hydroxylation is 1. The molecular formula is C16H16N4. The van der Waals surface area contributed by atoms with E-state index in [-0.39, 0.29) is 0 Å². The van der Waals surface area contributed by atoms with Crippen molar-refractivity contribution in [3.8, 4) is 0 Å². The molecule has 100 valence electrons. The maximum Gasteiger partial charge on any atom is 0.0868 e. The molecule has 0 bridgehead atoms. The van der Waals surface area contributed by atoms with Gasteiger partial charge in [-0.15, -0.1) is 0 Å². The van der Waals surface area contributed by atoms with Crippen LogP contribution in [-0.4, -0.2) is 27.9 Å². The molecule has 0 N–H and O–H groups in total. The molecule has 1 aliphatic rings. The van der Waals surface area contributed by atoms with Gasteiger partial charge in [0.1, 0.15) is 0 Å². The fourth-order valence-corrected chi connectivity index (χ4v) is 2.86. The lowest BCUT2D eigenvalue weighted by Crippen LogP contribution is -2.48. The van der Waals surface area contributed by atoms with Crippen LogP contribution in [0, 0.1) is 6.92 Å². The number of aromatic nitrogens is 3. The fraction of sp³-hybridized carbons (Fsp3) is 0.250. The van der Waals surface area contributed by atoms with Crippen molar-refractivity contribution >= 4 is 16.6 Å². The summed E-state index contributed by atoms with van der Waals surface area (Å²) in [5.74, 6) is 0. The summed E-state index contributed by atoms with van der Waals surface area (Å²) in [6.07, 6.45) is 3.88. The van der Waals surface area contributed by atoms with Crippen molar-refractivity contribution < 1.29 is 0 Å². The van der Waals surface area contributed by atoms with Crippen molar-refractivity contribution in [1.82, 2.24) is 14.8 Å². The van der Waals surface area contributed by atoms with Gasteiger partial charge in [0.2, 0.25) is 0 Å². The number of fused-ring (bicyclic) bond motifs is 1. The van der Waals surface area contributed by atoms with E-state index < -0.39 is 0 Å². The summed E-state index contributed by atoms with van der Waals surface area (Å²) < 4.78 is 2.05. The van der Waals surface area contributed by atoms with Gasteiger partial charge in [0.25, 0.3) is 0 Å². The van der Waals surface area contributed by atoms with Crippen molar-refractivity contribution in [2.24, 2.45) is 0 Å². The highest BCUT2D eigenvalue weighted by Crippen LogP contribution is 2.33. The van der Waals surface area contributed by atoms with E-state index >= 15 is 0 Å². The molecule has 0 saturated carbocycles. The van der Waals surface area contributed by atoms with Gasteiger partial charge in [0.05, 0.1) is 11.6 Å². The van der Waals surface area contributed by atoms with Crippen molar-refractivity contribution in [2.75, 3.05) is 18.0 Å². The van der Waals surface area contributed by atoms with Crippen molar-refractivity contribution in [2.45, 2.75) is 13.0 Å². The highest BCUT2D eigenvalue weighted by molar-refractivity contribution is 5.92. The fourth-order valence-electron chi connectivity index (χ4n) is 2.86. The molecule has 3 heterocycles. The van der Waals surface area contributed by atoms with Crippen LogP contribution in [0.3, 0.4) is 0 Å². The van der Waals surface area contributed by atoms with Gasteiger partial charge >= 0.3 is 0 Å². The lowest BCUT2D eigenvalue weighted by Gasteiger charge is -2.41. The van der Waals surface area contributed by atoms with Gasteiger partial charge in [-0.05, 0) is 25.1 Å². The number of para-hydroxylation sites is 1. The number of hydrogen-bond donors (Lipinski definition) is 0. The van der Waals surface area contributed by atoms with Gasteiger partial charge in [0.15, 0.2) is 0 Å². The third kappa shape index (κ3) is 1.76. The molecule has 0 atom stereocenters. The second kappa shape index (κ2) is 4.34. The molecule has 1 aromatic carbocycles. The summed E-state index contributed by atoms with van der Waals surface area (Å²) in [6.45, 7) is 4.07. The van der Waals surface area contributed by atoms with Gasteiger partial charge in [-0.25, -0.2) is 0 Å². The molecule has 0 radical (unpaired) electrons. The Balaban J connectivity index is 1.67. The first-order valence-corrected chi connectivity index (χ1v) is 6.92. The number of pyridine rings is 1. The molecule has 0 spiro atoms. The summed E-state index contributed by atoms with van der Waals surface area (Å²) in [4.78, 5) is 7.01. The van der Waals surface area contributed by atoms with E-state index in [0.717, 1.165) is 24.3 Å².